The highest BCUT2D eigenvalue weighted by molar-refractivity contribution is 5.21. The average molecular weight is 223 g/mol. The van der Waals surface area contributed by atoms with Crippen LogP contribution in [0.1, 0.15) is 63.3 Å². The van der Waals surface area contributed by atoms with Crippen LogP contribution >= 0.6 is 0 Å². The zero-order chi connectivity index (χ0) is 11.8. The Balaban J connectivity index is 2.47. The predicted octanol–water partition coefficient (Wildman–Crippen LogP) is 4.07. The molecule has 1 N–H and O–H groups in total. The largest absolute Gasteiger partial charge is 0.469 e. The molecule has 0 aliphatic heterocycles. The van der Waals surface area contributed by atoms with Crippen LogP contribution in [0.2, 0.25) is 0 Å². The molecule has 0 aliphatic carbocycles. The van der Waals surface area contributed by atoms with E-state index in [0.29, 0.717) is 6.04 Å². The van der Waals surface area contributed by atoms with Crippen LogP contribution in [-0.4, -0.2) is 7.05 Å². The summed E-state index contributed by atoms with van der Waals surface area (Å²) in [7, 11) is 2.04. The Labute approximate surface area is 99.4 Å². The number of hydrogen-bond acceptors (Lipinski definition) is 2. The molecule has 2 heteroatoms. The Morgan fingerprint density at radius 1 is 1.25 bits per heavy atom. The fraction of sp³-hybridized carbons (Fsp3) is 0.714. The molecule has 0 spiro atoms. The van der Waals surface area contributed by atoms with Gasteiger partial charge >= 0.3 is 0 Å². The van der Waals surface area contributed by atoms with Crippen LogP contribution in [-0.2, 0) is 6.42 Å². The Kier molecular flexibility index (Phi) is 6.24. The van der Waals surface area contributed by atoms with Gasteiger partial charge in [0.05, 0.1) is 6.26 Å². The van der Waals surface area contributed by atoms with Crippen LogP contribution < -0.4 is 5.32 Å². The summed E-state index contributed by atoms with van der Waals surface area (Å²) in [4.78, 5) is 0. The molecule has 1 aromatic rings. The highest BCUT2D eigenvalue weighted by atomic mass is 16.3. The topological polar surface area (TPSA) is 25.2 Å². The van der Waals surface area contributed by atoms with Crippen molar-refractivity contribution in [1.29, 1.82) is 0 Å². The van der Waals surface area contributed by atoms with Crippen LogP contribution in [0, 0.1) is 0 Å². The molecule has 0 radical (unpaired) electrons. The maximum Gasteiger partial charge on any atom is 0.108 e. The molecule has 92 valence electrons. The normalized spacial score (nSPS) is 12.9. The smallest absolute Gasteiger partial charge is 0.108 e. The van der Waals surface area contributed by atoms with Crippen molar-refractivity contribution in [3.63, 3.8) is 0 Å². The summed E-state index contributed by atoms with van der Waals surface area (Å²) in [6.45, 7) is 4.40. The number of hydrogen-bond donors (Lipinski definition) is 1. The van der Waals surface area contributed by atoms with E-state index in [9.17, 15) is 0 Å². The second-order valence-electron chi connectivity index (χ2n) is 4.34. The van der Waals surface area contributed by atoms with Crippen molar-refractivity contribution in [1.82, 2.24) is 5.32 Å². The highest BCUT2D eigenvalue weighted by Gasteiger charge is 2.14. The summed E-state index contributed by atoms with van der Waals surface area (Å²) in [5, 5.41) is 3.40. The second kappa shape index (κ2) is 7.50. The Morgan fingerprint density at radius 3 is 2.69 bits per heavy atom. The van der Waals surface area contributed by atoms with Gasteiger partial charge in [0.25, 0.3) is 0 Å². The Morgan fingerprint density at radius 2 is 2.06 bits per heavy atom. The zero-order valence-electron chi connectivity index (χ0n) is 10.9. The standard InChI is InChI=1S/C14H25NO/c1-4-6-7-8-9-13(15-3)12-10-11-16-14(12)5-2/h10-11,13,15H,4-9H2,1-3H3. The molecule has 0 saturated carbocycles. The fourth-order valence-electron chi connectivity index (χ4n) is 2.18. The van der Waals surface area contributed by atoms with E-state index in [1.807, 2.05) is 13.3 Å². The predicted molar refractivity (Wildman–Crippen MR) is 68.6 cm³/mol. The van der Waals surface area contributed by atoms with Crippen molar-refractivity contribution < 1.29 is 4.42 Å². The summed E-state index contributed by atoms with van der Waals surface area (Å²) in [5.41, 5.74) is 1.35. The third kappa shape index (κ3) is 3.67. The van der Waals surface area contributed by atoms with Crippen molar-refractivity contribution >= 4 is 0 Å². The Hall–Kier alpha value is -0.760. The first-order valence-electron chi connectivity index (χ1n) is 6.57. The van der Waals surface area contributed by atoms with Crippen molar-refractivity contribution in [3.8, 4) is 0 Å². The molecule has 16 heavy (non-hydrogen) atoms. The molecule has 0 bridgehead atoms. The van der Waals surface area contributed by atoms with Crippen LogP contribution in [0.5, 0.6) is 0 Å². The third-order valence-corrected chi connectivity index (χ3v) is 3.17. The van der Waals surface area contributed by atoms with E-state index in [0.717, 1.165) is 12.2 Å². The molecule has 0 aromatic carbocycles. The highest BCUT2D eigenvalue weighted by Crippen LogP contribution is 2.24. The average Bonchev–Trinajstić information content (AvgIpc) is 2.77. The Bertz CT molecular complexity index is 280. The molecule has 1 atom stereocenters. The maximum atomic E-state index is 5.48. The van der Waals surface area contributed by atoms with Crippen molar-refractivity contribution in [2.24, 2.45) is 0 Å². The molecule has 1 rings (SSSR count). The molecule has 1 aromatic heterocycles. The van der Waals surface area contributed by atoms with Crippen molar-refractivity contribution in [3.05, 3.63) is 23.7 Å². The van der Waals surface area contributed by atoms with Gasteiger partial charge in [-0.25, -0.2) is 0 Å². The quantitative estimate of drug-likeness (QED) is 0.672. The molecule has 2 nitrogen and oxygen atoms in total. The van der Waals surface area contributed by atoms with Gasteiger partial charge in [0, 0.05) is 18.0 Å². The lowest BCUT2D eigenvalue weighted by atomic mass is 10.00. The SMILES string of the molecule is CCCCCCC(NC)c1ccoc1CC. The van der Waals surface area contributed by atoms with Gasteiger partial charge in [0.1, 0.15) is 5.76 Å². The molecule has 0 fully saturated rings. The van der Waals surface area contributed by atoms with Gasteiger partial charge < -0.3 is 9.73 Å². The summed E-state index contributed by atoms with van der Waals surface area (Å²) in [6.07, 6.45) is 9.29. The fourth-order valence-corrected chi connectivity index (χ4v) is 2.18. The van der Waals surface area contributed by atoms with Crippen LogP contribution in [0.25, 0.3) is 0 Å². The summed E-state index contributed by atoms with van der Waals surface area (Å²) in [6, 6.07) is 2.57. The van der Waals surface area contributed by atoms with E-state index in [1.54, 1.807) is 0 Å². The van der Waals surface area contributed by atoms with Gasteiger partial charge in [0.15, 0.2) is 0 Å². The first-order chi connectivity index (χ1) is 7.83. The van der Waals surface area contributed by atoms with Crippen molar-refractivity contribution in [2.45, 2.75) is 58.4 Å². The number of nitrogens with one attached hydrogen (secondary N) is 1. The number of unbranched alkanes of at least 4 members (excludes halogenated alkanes) is 3. The lowest BCUT2D eigenvalue weighted by Crippen LogP contribution is -2.16. The molecule has 0 aliphatic rings. The number of furan rings is 1. The summed E-state index contributed by atoms with van der Waals surface area (Å²) >= 11 is 0. The van der Waals surface area contributed by atoms with E-state index in [4.69, 9.17) is 4.42 Å². The minimum absolute atomic E-state index is 0.463. The van der Waals surface area contributed by atoms with E-state index in [1.165, 1.54) is 37.7 Å². The molecular weight excluding hydrogens is 198 g/mol. The molecule has 0 amide bonds. The van der Waals surface area contributed by atoms with Gasteiger partial charge in [-0.05, 0) is 19.5 Å². The van der Waals surface area contributed by atoms with Crippen molar-refractivity contribution in [2.75, 3.05) is 7.05 Å². The minimum Gasteiger partial charge on any atom is -0.469 e. The molecule has 1 unspecified atom stereocenters. The van der Waals surface area contributed by atoms with Gasteiger partial charge in [0.2, 0.25) is 0 Å². The maximum absolute atomic E-state index is 5.48. The van der Waals surface area contributed by atoms with Gasteiger partial charge in [-0.15, -0.1) is 0 Å². The first kappa shape index (κ1) is 13.3. The second-order valence-corrected chi connectivity index (χ2v) is 4.34. The monoisotopic (exact) mass is 223 g/mol. The minimum atomic E-state index is 0.463. The van der Waals surface area contributed by atoms with E-state index < -0.39 is 0 Å². The van der Waals surface area contributed by atoms with E-state index in [-0.39, 0.29) is 0 Å². The van der Waals surface area contributed by atoms with E-state index in [2.05, 4.69) is 25.2 Å². The molecule has 0 saturated heterocycles. The van der Waals surface area contributed by atoms with Crippen LogP contribution in [0.15, 0.2) is 16.7 Å². The summed E-state index contributed by atoms with van der Waals surface area (Å²) < 4.78 is 5.48. The molecular formula is C14H25NO. The lowest BCUT2D eigenvalue weighted by molar-refractivity contribution is 0.472. The molecule has 1 heterocycles. The first-order valence-corrected chi connectivity index (χ1v) is 6.57. The van der Waals surface area contributed by atoms with Gasteiger partial charge in [-0.3, -0.25) is 0 Å². The van der Waals surface area contributed by atoms with E-state index >= 15 is 0 Å². The summed E-state index contributed by atoms with van der Waals surface area (Å²) in [5.74, 6) is 1.13. The number of aryl methyl sites for hydroxylation is 1. The lowest BCUT2D eigenvalue weighted by Gasteiger charge is -2.15. The van der Waals surface area contributed by atoms with Crippen LogP contribution in [0.3, 0.4) is 0 Å². The van der Waals surface area contributed by atoms with Crippen LogP contribution in [0.4, 0.5) is 0 Å². The van der Waals surface area contributed by atoms with Gasteiger partial charge in [-0.1, -0.05) is 39.5 Å². The third-order valence-electron chi connectivity index (χ3n) is 3.17. The zero-order valence-corrected chi connectivity index (χ0v) is 10.9. The number of rotatable bonds is 8. The van der Waals surface area contributed by atoms with Gasteiger partial charge in [-0.2, -0.15) is 0 Å².